The first-order valence-electron chi connectivity index (χ1n) is 14.8. The Hall–Kier alpha value is -1.93. The van der Waals surface area contributed by atoms with Crippen LogP contribution in [0, 0.1) is 0 Å². The lowest BCUT2D eigenvalue weighted by Gasteiger charge is -2.47. The van der Waals surface area contributed by atoms with E-state index in [0.29, 0.717) is 31.1 Å². The Kier molecular flexibility index (Phi) is 11.1. The van der Waals surface area contributed by atoms with Gasteiger partial charge in [0.05, 0.1) is 0 Å². The van der Waals surface area contributed by atoms with Crippen molar-refractivity contribution in [3.8, 4) is 0 Å². The van der Waals surface area contributed by atoms with E-state index < -0.39 is 0 Å². The van der Waals surface area contributed by atoms with Crippen molar-refractivity contribution < 1.29 is 4.79 Å². The number of aromatic nitrogens is 2. The summed E-state index contributed by atoms with van der Waals surface area (Å²) in [4.78, 5) is 27.1. The van der Waals surface area contributed by atoms with Crippen molar-refractivity contribution in [1.29, 1.82) is 0 Å². The minimum absolute atomic E-state index is 0.154. The first-order chi connectivity index (χ1) is 17.7. The number of nitrogens with zero attached hydrogens (tertiary/aromatic N) is 4. The van der Waals surface area contributed by atoms with Crippen molar-refractivity contribution in [2.75, 3.05) is 42.9 Å². The SMILES string of the molecule is NCCCCC(=O)NCCC1C(Nc2nccc(N3CCCCCC3)n2)CCCN1C1CCCCC1. The minimum Gasteiger partial charge on any atom is -0.356 e. The Balaban J connectivity index is 1.41. The molecule has 8 nitrogen and oxygen atoms in total. The van der Waals surface area contributed by atoms with Crippen LogP contribution >= 0.6 is 0 Å². The van der Waals surface area contributed by atoms with Gasteiger partial charge in [-0.25, -0.2) is 4.98 Å². The molecule has 0 spiro atoms. The third-order valence-corrected chi connectivity index (χ3v) is 8.37. The second kappa shape index (κ2) is 14.7. The zero-order valence-corrected chi connectivity index (χ0v) is 22.3. The summed E-state index contributed by atoms with van der Waals surface area (Å²) in [5.74, 6) is 1.96. The Morgan fingerprint density at radius 1 is 0.972 bits per heavy atom. The molecular weight excluding hydrogens is 450 g/mol. The lowest BCUT2D eigenvalue weighted by molar-refractivity contribution is -0.121. The molecule has 8 heteroatoms. The van der Waals surface area contributed by atoms with E-state index in [2.05, 4.69) is 31.5 Å². The number of nitrogens with two attached hydrogens (primary N) is 1. The van der Waals surface area contributed by atoms with Crippen LogP contribution in [0.2, 0.25) is 0 Å². The van der Waals surface area contributed by atoms with Crippen molar-refractivity contribution in [2.45, 2.75) is 114 Å². The first-order valence-corrected chi connectivity index (χ1v) is 14.8. The fraction of sp³-hybridized carbons (Fsp3) is 0.821. The largest absolute Gasteiger partial charge is 0.356 e. The molecule has 2 unspecified atom stereocenters. The summed E-state index contributed by atoms with van der Waals surface area (Å²) in [5.41, 5.74) is 5.58. The molecule has 3 heterocycles. The molecule has 0 bridgehead atoms. The number of amides is 1. The zero-order chi connectivity index (χ0) is 25.0. The molecule has 3 aliphatic rings. The van der Waals surface area contributed by atoms with E-state index >= 15 is 0 Å². The second-order valence-electron chi connectivity index (χ2n) is 11.0. The Morgan fingerprint density at radius 2 is 1.75 bits per heavy atom. The van der Waals surface area contributed by atoms with Gasteiger partial charge in [-0.15, -0.1) is 0 Å². The van der Waals surface area contributed by atoms with E-state index in [1.165, 1.54) is 64.2 Å². The molecular formula is C28H49N7O. The van der Waals surface area contributed by atoms with E-state index in [1.807, 2.05) is 6.20 Å². The van der Waals surface area contributed by atoms with Crippen LogP contribution in [0.25, 0.3) is 0 Å². The molecule has 2 atom stereocenters. The number of likely N-dealkylation sites (tertiary alicyclic amines) is 1. The van der Waals surface area contributed by atoms with Gasteiger partial charge in [0.15, 0.2) is 0 Å². The standard InChI is InChI=1S/C28H49N7O/c29-17-7-6-14-27(36)30-18-15-25-24(13-10-22-35(25)23-11-4-3-5-12-23)32-28-31-19-16-26(33-28)34-20-8-1-2-9-21-34/h16,19,23-25H,1-15,17-18,20-22,29H2,(H,30,36)(H,31,32,33). The van der Waals surface area contributed by atoms with Gasteiger partial charge in [0.1, 0.15) is 5.82 Å². The molecule has 1 aromatic rings. The second-order valence-corrected chi connectivity index (χ2v) is 11.0. The number of unbranched alkanes of at least 4 members (excludes halogenated alkanes) is 1. The van der Waals surface area contributed by atoms with E-state index in [1.54, 1.807) is 0 Å². The Bertz CT molecular complexity index is 777. The van der Waals surface area contributed by atoms with Crippen LogP contribution in [0.3, 0.4) is 0 Å². The van der Waals surface area contributed by atoms with Gasteiger partial charge in [0, 0.05) is 50.4 Å². The fourth-order valence-electron chi connectivity index (χ4n) is 6.42. The number of anilines is 2. The maximum atomic E-state index is 12.3. The molecule has 0 radical (unpaired) electrons. The molecule has 4 N–H and O–H groups in total. The van der Waals surface area contributed by atoms with Crippen LogP contribution in [-0.2, 0) is 4.79 Å². The van der Waals surface area contributed by atoms with Crippen LogP contribution in [0.15, 0.2) is 12.3 Å². The summed E-state index contributed by atoms with van der Waals surface area (Å²) in [5, 5.41) is 6.94. The number of piperidine rings is 1. The highest BCUT2D eigenvalue weighted by Crippen LogP contribution is 2.31. The lowest BCUT2D eigenvalue weighted by Crippen LogP contribution is -2.56. The normalized spacial score (nSPS) is 24.3. The van der Waals surface area contributed by atoms with Gasteiger partial charge in [0.2, 0.25) is 11.9 Å². The van der Waals surface area contributed by atoms with Crippen LogP contribution in [0.4, 0.5) is 11.8 Å². The van der Waals surface area contributed by atoms with Crippen molar-refractivity contribution in [2.24, 2.45) is 5.73 Å². The van der Waals surface area contributed by atoms with Crippen LogP contribution in [0.1, 0.15) is 96.3 Å². The van der Waals surface area contributed by atoms with E-state index in [0.717, 1.165) is 63.6 Å². The zero-order valence-electron chi connectivity index (χ0n) is 22.3. The number of carbonyl (C=O) groups excluding carboxylic acids is 1. The van der Waals surface area contributed by atoms with Gasteiger partial charge in [-0.3, -0.25) is 9.69 Å². The third kappa shape index (κ3) is 8.04. The number of nitrogens with one attached hydrogen (secondary N) is 2. The average Bonchev–Trinajstić information content (AvgIpc) is 3.20. The molecule has 0 aromatic carbocycles. The smallest absolute Gasteiger partial charge is 0.224 e. The van der Waals surface area contributed by atoms with Crippen molar-refractivity contribution in [3.63, 3.8) is 0 Å². The first kappa shape index (κ1) is 27.1. The molecule has 36 heavy (non-hydrogen) atoms. The molecule has 2 saturated heterocycles. The molecule has 1 aliphatic carbocycles. The summed E-state index contributed by atoms with van der Waals surface area (Å²) in [6.07, 6.45) is 19.3. The molecule has 1 amide bonds. The highest BCUT2D eigenvalue weighted by atomic mass is 16.1. The molecule has 1 saturated carbocycles. The lowest BCUT2D eigenvalue weighted by atomic mass is 9.87. The van der Waals surface area contributed by atoms with Gasteiger partial charge in [0.25, 0.3) is 0 Å². The molecule has 1 aromatic heterocycles. The molecule has 2 aliphatic heterocycles. The number of hydrogen-bond donors (Lipinski definition) is 3. The quantitative estimate of drug-likeness (QED) is 0.395. The molecule has 4 rings (SSSR count). The summed E-state index contributed by atoms with van der Waals surface area (Å²) in [7, 11) is 0. The van der Waals surface area contributed by atoms with Gasteiger partial charge >= 0.3 is 0 Å². The van der Waals surface area contributed by atoms with Gasteiger partial charge in [-0.05, 0) is 76.9 Å². The Labute approximate surface area is 218 Å². The molecule has 3 fully saturated rings. The maximum absolute atomic E-state index is 12.3. The van der Waals surface area contributed by atoms with E-state index in [-0.39, 0.29) is 5.91 Å². The summed E-state index contributed by atoms with van der Waals surface area (Å²) in [6, 6.07) is 3.41. The van der Waals surface area contributed by atoms with Crippen molar-refractivity contribution in [1.82, 2.24) is 20.2 Å². The number of hydrogen-bond acceptors (Lipinski definition) is 7. The van der Waals surface area contributed by atoms with Gasteiger partial charge in [-0.2, -0.15) is 4.98 Å². The number of rotatable bonds is 11. The predicted octanol–water partition coefficient (Wildman–Crippen LogP) is 4.07. The topological polar surface area (TPSA) is 99.4 Å². The predicted molar refractivity (Wildman–Crippen MR) is 147 cm³/mol. The van der Waals surface area contributed by atoms with Gasteiger partial charge < -0.3 is 21.3 Å². The number of carbonyl (C=O) groups is 1. The van der Waals surface area contributed by atoms with Gasteiger partial charge in [-0.1, -0.05) is 32.1 Å². The monoisotopic (exact) mass is 499 g/mol. The van der Waals surface area contributed by atoms with Crippen molar-refractivity contribution >= 4 is 17.7 Å². The molecule has 202 valence electrons. The highest BCUT2D eigenvalue weighted by molar-refractivity contribution is 5.75. The van der Waals surface area contributed by atoms with Crippen molar-refractivity contribution in [3.05, 3.63) is 12.3 Å². The highest BCUT2D eigenvalue weighted by Gasteiger charge is 2.36. The average molecular weight is 500 g/mol. The Morgan fingerprint density at radius 3 is 2.53 bits per heavy atom. The van der Waals surface area contributed by atoms with E-state index in [4.69, 9.17) is 10.7 Å². The summed E-state index contributed by atoms with van der Waals surface area (Å²) >= 11 is 0. The van der Waals surface area contributed by atoms with Crippen LogP contribution in [0.5, 0.6) is 0 Å². The van der Waals surface area contributed by atoms with E-state index in [9.17, 15) is 4.79 Å². The van der Waals surface area contributed by atoms with Crippen LogP contribution in [-0.4, -0.2) is 71.6 Å². The maximum Gasteiger partial charge on any atom is 0.224 e. The van der Waals surface area contributed by atoms with Crippen LogP contribution < -0.4 is 21.3 Å². The fourth-order valence-corrected chi connectivity index (χ4v) is 6.42. The summed E-state index contributed by atoms with van der Waals surface area (Å²) in [6.45, 7) is 4.71. The third-order valence-electron chi connectivity index (χ3n) is 8.37. The minimum atomic E-state index is 0.154. The summed E-state index contributed by atoms with van der Waals surface area (Å²) < 4.78 is 0.